The number of carbonyl (C=O) groups is 1. The fourth-order valence-electron chi connectivity index (χ4n) is 2.74. The third-order valence-electron chi connectivity index (χ3n) is 4.37. The van der Waals surface area contributed by atoms with Crippen molar-refractivity contribution < 1.29 is 14.3 Å². The van der Waals surface area contributed by atoms with Crippen LogP contribution in [0.25, 0.3) is 11.3 Å². The fourth-order valence-corrected chi connectivity index (χ4v) is 3.60. The van der Waals surface area contributed by atoms with E-state index >= 15 is 0 Å². The van der Waals surface area contributed by atoms with Gasteiger partial charge in [0.15, 0.2) is 5.13 Å². The van der Waals surface area contributed by atoms with Crippen molar-refractivity contribution in [3.8, 4) is 22.8 Å². The molecule has 0 saturated heterocycles. The zero-order valence-electron chi connectivity index (χ0n) is 16.4. The van der Waals surface area contributed by atoms with Gasteiger partial charge in [-0.05, 0) is 36.8 Å². The molecule has 0 fully saturated rings. The first-order chi connectivity index (χ1) is 14.0. The Bertz CT molecular complexity index is 976. The molecule has 1 amide bonds. The standard InChI is InChI=1S/C21H22ClN3O3S/c1-13(14-4-6-15(22)7-5-14)23-11-20(26)25-21-24-18(12-29-21)17-9-8-16(27-2)10-19(17)28-3/h4-10,12-13,23H,11H2,1-3H3,(H,24,25,26)/t13-/m0/s1. The summed E-state index contributed by atoms with van der Waals surface area (Å²) in [7, 11) is 3.20. The van der Waals surface area contributed by atoms with E-state index in [0.717, 1.165) is 16.8 Å². The van der Waals surface area contributed by atoms with Crippen LogP contribution in [0.4, 0.5) is 5.13 Å². The van der Waals surface area contributed by atoms with Crippen LogP contribution in [0.15, 0.2) is 47.8 Å². The lowest BCUT2D eigenvalue weighted by Crippen LogP contribution is -2.30. The second kappa shape index (κ2) is 9.73. The van der Waals surface area contributed by atoms with E-state index < -0.39 is 0 Å². The Morgan fingerprint density at radius 1 is 1.17 bits per heavy atom. The molecule has 0 aliphatic heterocycles. The molecule has 2 aromatic carbocycles. The molecule has 0 radical (unpaired) electrons. The van der Waals surface area contributed by atoms with E-state index in [0.29, 0.717) is 21.7 Å². The minimum absolute atomic E-state index is 0.0217. The van der Waals surface area contributed by atoms with Gasteiger partial charge < -0.3 is 20.1 Å². The van der Waals surface area contributed by atoms with E-state index in [9.17, 15) is 4.79 Å². The van der Waals surface area contributed by atoms with Gasteiger partial charge in [0, 0.05) is 28.1 Å². The van der Waals surface area contributed by atoms with Crippen LogP contribution in [0.5, 0.6) is 11.5 Å². The zero-order chi connectivity index (χ0) is 20.8. The minimum atomic E-state index is -0.159. The SMILES string of the molecule is COc1ccc(-c2csc(NC(=O)CN[C@@H](C)c3ccc(Cl)cc3)n2)c(OC)c1. The molecule has 1 aromatic heterocycles. The Kier molecular flexibility index (Phi) is 7.09. The first-order valence-electron chi connectivity index (χ1n) is 8.96. The average molecular weight is 432 g/mol. The Labute approximate surface area is 178 Å². The first-order valence-corrected chi connectivity index (χ1v) is 10.2. The van der Waals surface area contributed by atoms with Gasteiger partial charge in [-0.3, -0.25) is 4.79 Å². The molecular formula is C21H22ClN3O3S. The molecule has 3 aromatic rings. The van der Waals surface area contributed by atoms with Gasteiger partial charge in [0.2, 0.25) is 5.91 Å². The highest BCUT2D eigenvalue weighted by Crippen LogP contribution is 2.34. The Hall–Kier alpha value is -2.61. The highest BCUT2D eigenvalue weighted by atomic mass is 35.5. The van der Waals surface area contributed by atoms with Crippen molar-refractivity contribution in [2.24, 2.45) is 0 Å². The van der Waals surface area contributed by atoms with E-state index in [4.69, 9.17) is 21.1 Å². The molecule has 0 aliphatic rings. The summed E-state index contributed by atoms with van der Waals surface area (Å²) in [6, 6.07) is 13.1. The van der Waals surface area contributed by atoms with Crippen LogP contribution in [0.1, 0.15) is 18.5 Å². The summed E-state index contributed by atoms with van der Waals surface area (Å²) in [5, 5.41) is 9.12. The molecule has 0 spiro atoms. The predicted octanol–water partition coefficient (Wildman–Crippen LogP) is 4.77. The van der Waals surface area contributed by atoms with Crippen LogP contribution in [-0.2, 0) is 4.79 Å². The molecule has 0 bridgehead atoms. The maximum atomic E-state index is 12.3. The molecule has 152 valence electrons. The van der Waals surface area contributed by atoms with Crippen molar-refractivity contribution in [2.75, 3.05) is 26.1 Å². The molecule has 8 heteroatoms. The number of hydrogen-bond acceptors (Lipinski definition) is 6. The second-order valence-corrected chi connectivity index (χ2v) is 7.60. The van der Waals surface area contributed by atoms with E-state index in [1.54, 1.807) is 20.3 Å². The summed E-state index contributed by atoms with van der Waals surface area (Å²) in [5.74, 6) is 1.20. The summed E-state index contributed by atoms with van der Waals surface area (Å²) in [6.45, 7) is 2.17. The molecule has 29 heavy (non-hydrogen) atoms. The summed E-state index contributed by atoms with van der Waals surface area (Å²) < 4.78 is 10.6. The fraction of sp³-hybridized carbons (Fsp3) is 0.238. The Morgan fingerprint density at radius 2 is 1.93 bits per heavy atom. The smallest absolute Gasteiger partial charge is 0.240 e. The molecule has 3 rings (SSSR count). The number of benzene rings is 2. The number of ether oxygens (including phenoxy) is 2. The van der Waals surface area contributed by atoms with Crippen LogP contribution in [0, 0.1) is 0 Å². The lowest BCUT2D eigenvalue weighted by atomic mass is 10.1. The molecule has 1 heterocycles. The molecule has 2 N–H and O–H groups in total. The van der Waals surface area contributed by atoms with E-state index in [1.165, 1.54) is 11.3 Å². The summed E-state index contributed by atoms with van der Waals surface area (Å²) in [5.41, 5.74) is 2.62. The highest BCUT2D eigenvalue weighted by molar-refractivity contribution is 7.14. The first kappa shape index (κ1) is 21.1. The monoisotopic (exact) mass is 431 g/mol. The lowest BCUT2D eigenvalue weighted by molar-refractivity contribution is -0.115. The van der Waals surface area contributed by atoms with Gasteiger partial charge in [0.25, 0.3) is 0 Å². The Morgan fingerprint density at radius 3 is 2.62 bits per heavy atom. The number of rotatable bonds is 8. The van der Waals surface area contributed by atoms with Crippen LogP contribution in [0.3, 0.4) is 0 Å². The number of amides is 1. The summed E-state index contributed by atoms with van der Waals surface area (Å²) in [6.07, 6.45) is 0. The maximum absolute atomic E-state index is 12.3. The molecular weight excluding hydrogens is 410 g/mol. The van der Waals surface area contributed by atoms with Gasteiger partial charge in [0.05, 0.1) is 26.5 Å². The van der Waals surface area contributed by atoms with E-state index in [-0.39, 0.29) is 18.5 Å². The average Bonchev–Trinajstić information content (AvgIpc) is 3.20. The zero-order valence-corrected chi connectivity index (χ0v) is 17.9. The van der Waals surface area contributed by atoms with Crippen molar-refractivity contribution in [1.29, 1.82) is 0 Å². The quantitative estimate of drug-likeness (QED) is 0.537. The largest absolute Gasteiger partial charge is 0.497 e. The van der Waals surface area contributed by atoms with Gasteiger partial charge in [-0.2, -0.15) is 0 Å². The van der Waals surface area contributed by atoms with Crippen molar-refractivity contribution in [1.82, 2.24) is 10.3 Å². The summed E-state index contributed by atoms with van der Waals surface area (Å²) in [4.78, 5) is 16.8. The van der Waals surface area contributed by atoms with E-state index in [2.05, 4.69) is 15.6 Å². The number of aromatic nitrogens is 1. The minimum Gasteiger partial charge on any atom is -0.497 e. The predicted molar refractivity (Wildman–Crippen MR) is 117 cm³/mol. The summed E-state index contributed by atoms with van der Waals surface area (Å²) >= 11 is 7.27. The van der Waals surface area contributed by atoms with Crippen LogP contribution >= 0.6 is 22.9 Å². The number of thiazole rings is 1. The van der Waals surface area contributed by atoms with Crippen LogP contribution in [0.2, 0.25) is 5.02 Å². The van der Waals surface area contributed by atoms with Crippen LogP contribution < -0.4 is 20.1 Å². The van der Waals surface area contributed by atoms with Gasteiger partial charge in [-0.1, -0.05) is 23.7 Å². The number of hydrogen-bond donors (Lipinski definition) is 2. The molecule has 0 saturated carbocycles. The topological polar surface area (TPSA) is 72.5 Å². The number of anilines is 1. The van der Waals surface area contributed by atoms with Crippen LogP contribution in [-0.4, -0.2) is 31.7 Å². The number of carbonyl (C=O) groups excluding carboxylic acids is 1. The number of nitrogens with one attached hydrogen (secondary N) is 2. The van der Waals surface area contributed by atoms with Crippen molar-refractivity contribution in [2.45, 2.75) is 13.0 Å². The number of methoxy groups -OCH3 is 2. The third-order valence-corrected chi connectivity index (χ3v) is 5.38. The van der Waals surface area contributed by atoms with Crippen molar-refractivity contribution >= 4 is 34.0 Å². The maximum Gasteiger partial charge on any atom is 0.240 e. The van der Waals surface area contributed by atoms with E-state index in [1.807, 2.05) is 48.7 Å². The molecule has 0 unspecified atom stereocenters. The van der Waals surface area contributed by atoms with Gasteiger partial charge in [-0.15, -0.1) is 11.3 Å². The molecule has 6 nitrogen and oxygen atoms in total. The Balaban J connectivity index is 1.60. The van der Waals surface area contributed by atoms with Gasteiger partial charge in [-0.25, -0.2) is 4.98 Å². The number of nitrogens with zero attached hydrogens (tertiary/aromatic N) is 1. The van der Waals surface area contributed by atoms with Crippen molar-refractivity contribution in [3.63, 3.8) is 0 Å². The molecule has 1 atom stereocenters. The van der Waals surface area contributed by atoms with Gasteiger partial charge in [0.1, 0.15) is 11.5 Å². The lowest BCUT2D eigenvalue weighted by Gasteiger charge is -2.13. The van der Waals surface area contributed by atoms with Gasteiger partial charge >= 0.3 is 0 Å². The third kappa shape index (κ3) is 5.47. The normalized spacial score (nSPS) is 11.7. The van der Waals surface area contributed by atoms with Crippen molar-refractivity contribution in [3.05, 3.63) is 58.4 Å². The highest BCUT2D eigenvalue weighted by Gasteiger charge is 2.13. The number of halogens is 1. The molecule has 0 aliphatic carbocycles. The second-order valence-electron chi connectivity index (χ2n) is 6.31.